The first-order chi connectivity index (χ1) is 11.2. The number of amides is 2. The Kier molecular flexibility index (Phi) is 9.66. The molecule has 0 aliphatic carbocycles. The quantitative estimate of drug-likeness (QED) is 0.543. The molecule has 0 atom stereocenters. The number of nitrogens with one attached hydrogen (secondary N) is 3. The van der Waals surface area contributed by atoms with E-state index in [1.54, 1.807) is 31.4 Å². The number of rotatable bonds is 11. The van der Waals surface area contributed by atoms with Crippen LogP contribution in [0.5, 0.6) is 0 Å². The van der Waals surface area contributed by atoms with E-state index in [1.807, 2.05) is 0 Å². The van der Waals surface area contributed by atoms with Gasteiger partial charge in [0.25, 0.3) is 5.91 Å². The van der Waals surface area contributed by atoms with E-state index in [2.05, 4.69) is 22.9 Å². The SMILES string of the molecule is CCCCNC(=O)c1ccc(NC(=O)CNCCCOC)cc1. The predicted molar refractivity (Wildman–Crippen MR) is 91.7 cm³/mol. The number of carbonyl (C=O) groups excluding carboxylic acids is 2. The van der Waals surface area contributed by atoms with Crippen molar-refractivity contribution >= 4 is 17.5 Å². The molecule has 6 nitrogen and oxygen atoms in total. The fourth-order valence-electron chi connectivity index (χ4n) is 1.93. The monoisotopic (exact) mass is 321 g/mol. The van der Waals surface area contributed by atoms with Crippen LogP contribution in [0, 0.1) is 0 Å². The summed E-state index contributed by atoms with van der Waals surface area (Å²) in [5, 5.41) is 8.69. The average molecular weight is 321 g/mol. The number of ether oxygens (including phenoxy) is 1. The fourth-order valence-corrected chi connectivity index (χ4v) is 1.93. The highest BCUT2D eigenvalue weighted by Gasteiger charge is 2.06. The van der Waals surface area contributed by atoms with Gasteiger partial charge < -0.3 is 20.7 Å². The first kappa shape index (κ1) is 19.1. The second-order valence-corrected chi connectivity index (χ2v) is 5.26. The summed E-state index contributed by atoms with van der Waals surface area (Å²) < 4.78 is 4.93. The summed E-state index contributed by atoms with van der Waals surface area (Å²) in [6.45, 7) is 4.43. The molecular formula is C17H27N3O3. The molecule has 0 saturated carbocycles. The molecule has 0 aromatic heterocycles. The predicted octanol–water partition coefficient (Wildman–Crippen LogP) is 1.78. The van der Waals surface area contributed by atoms with Crippen molar-refractivity contribution in [3.63, 3.8) is 0 Å². The van der Waals surface area contributed by atoms with Gasteiger partial charge in [-0.3, -0.25) is 9.59 Å². The molecule has 23 heavy (non-hydrogen) atoms. The van der Waals surface area contributed by atoms with Crippen LogP contribution in [0.25, 0.3) is 0 Å². The maximum Gasteiger partial charge on any atom is 0.251 e. The summed E-state index contributed by atoms with van der Waals surface area (Å²) in [5.41, 5.74) is 1.27. The van der Waals surface area contributed by atoms with Crippen LogP contribution in [-0.4, -0.2) is 45.2 Å². The van der Waals surface area contributed by atoms with Gasteiger partial charge in [0.05, 0.1) is 6.54 Å². The third-order valence-electron chi connectivity index (χ3n) is 3.23. The Morgan fingerprint density at radius 2 is 1.83 bits per heavy atom. The van der Waals surface area contributed by atoms with Gasteiger partial charge in [-0.2, -0.15) is 0 Å². The van der Waals surface area contributed by atoms with Gasteiger partial charge in [-0.15, -0.1) is 0 Å². The number of unbranched alkanes of at least 4 members (excludes halogenated alkanes) is 1. The smallest absolute Gasteiger partial charge is 0.251 e. The molecule has 0 spiro atoms. The van der Waals surface area contributed by atoms with E-state index in [-0.39, 0.29) is 18.4 Å². The zero-order valence-electron chi connectivity index (χ0n) is 14.0. The normalized spacial score (nSPS) is 10.3. The number of benzene rings is 1. The van der Waals surface area contributed by atoms with Crippen LogP contribution in [0.15, 0.2) is 24.3 Å². The number of methoxy groups -OCH3 is 1. The lowest BCUT2D eigenvalue weighted by Gasteiger charge is -2.08. The minimum absolute atomic E-state index is 0.0869. The molecule has 3 N–H and O–H groups in total. The standard InChI is InChI=1S/C17H27N3O3/c1-3-4-11-19-17(22)14-6-8-15(9-7-14)20-16(21)13-18-10-5-12-23-2/h6-9,18H,3-5,10-13H2,1-2H3,(H,19,22)(H,20,21). The van der Waals surface area contributed by atoms with E-state index >= 15 is 0 Å². The van der Waals surface area contributed by atoms with Crippen LogP contribution in [0.2, 0.25) is 0 Å². The molecule has 1 aromatic rings. The summed E-state index contributed by atoms with van der Waals surface area (Å²) >= 11 is 0. The van der Waals surface area contributed by atoms with E-state index in [0.717, 1.165) is 25.8 Å². The van der Waals surface area contributed by atoms with Gasteiger partial charge in [0.2, 0.25) is 5.91 Å². The lowest BCUT2D eigenvalue weighted by Crippen LogP contribution is -2.29. The summed E-state index contributed by atoms with van der Waals surface area (Å²) in [6, 6.07) is 6.89. The Morgan fingerprint density at radius 1 is 1.09 bits per heavy atom. The lowest BCUT2D eigenvalue weighted by atomic mass is 10.2. The zero-order valence-corrected chi connectivity index (χ0v) is 14.0. The molecule has 0 radical (unpaired) electrons. The molecule has 0 fully saturated rings. The van der Waals surface area contributed by atoms with Gasteiger partial charge in [0, 0.05) is 31.5 Å². The van der Waals surface area contributed by atoms with Crippen LogP contribution in [0.4, 0.5) is 5.69 Å². The molecule has 6 heteroatoms. The van der Waals surface area contributed by atoms with E-state index in [0.29, 0.717) is 24.4 Å². The molecule has 1 rings (SSSR count). The van der Waals surface area contributed by atoms with Crippen LogP contribution < -0.4 is 16.0 Å². The number of hydrogen-bond acceptors (Lipinski definition) is 4. The van der Waals surface area contributed by atoms with E-state index in [9.17, 15) is 9.59 Å². The first-order valence-corrected chi connectivity index (χ1v) is 8.05. The summed E-state index contributed by atoms with van der Waals surface area (Å²) in [5.74, 6) is -0.196. The second-order valence-electron chi connectivity index (χ2n) is 5.26. The maximum atomic E-state index is 11.9. The molecule has 0 heterocycles. The fraction of sp³-hybridized carbons (Fsp3) is 0.529. The van der Waals surface area contributed by atoms with E-state index < -0.39 is 0 Å². The molecule has 0 aliphatic heterocycles. The van der Waals surface area contributed by atoms with Gasteiger partial charge in [-0.1, -0.05) is 13.3 Å². The van der Waals surface area contributed by atoms with Crippen molar-refractivity contribution in [2.75, 3.05) is 38.7 Å². The number of carbonyl (C=O) groups is 2. The van der Waals surface area contributed by atoms with Gasteiger partial charge in [0.1, 0.15) is 0 Å². The van der Waals surface area contributed by atoms with Crippen molar-refractivity contribution in [2.45, 2.75) is 26.2 Å². The van der Waals surface area contributed by atoms with Gasteiger partial charge in [0.15, 0.2) is 0 Å². The number of hydrogen-bond donors (Lipinski definition) is 3. The van der Waals surface area contributed by atoms with Crippen LogP contribution in [-0.2, 0) is 9.53 Å². The van der Waals surface area contributed by atoms with E-state index in [4.69, 9.17) is 4.74 Å². The molecule has 0 aliphatic rings. The average Bonchev–Trinajstić information content (AvgIpc) is 2.55. The minimum Gasteiger partial charge on any atom is -0.385 e. The second kappa shape index (κ2) is 11.6. The molecule has 1 aromatic carbocycles. The largest absolute Gasteiger partial charge is 0.385 e. The molecule has 128 valence electrons. The topological polar surface area (TPSA) is 79.5 Å². The Hall–Kier alpha value is -1.92. The van der Waals surface area contributed by atoms with Crippen molar-refractivity contribution in [1.82, 2.24) is 10.6 Å². The highest BCUT2D eigenvalue weighted by molar-refractivity contribution is 5.96. The van der Waals surface area contributed by atoms with Gasteiger partial charge in [-0.05, 0) is 43.7 Å². The van der Waals surface area contributed by atoms with E-state index in [1.165, 1.54) is 0 Å². The zero-order chi connectivity index (χ0) is 16.9. The lowest BCUT2D eigenvalue weighted by molar-refractivity contribution is -0.115. The third kappa shape index (κ3) is 8.32. The van der Waals surface area contributed by atoms with Crippen LogP contribution >= 0.6 is 0 Å². The Morgan fingerprint density at radius 3 is 2.48 bits per heavy atom. The molecule has 0 bridgehead atoms. The van der Waals surface area contributed by atoms with Crippen molar-refractivity contribution in [2.24, 2.45) is 0 Å². The van der Waals surface area contributed by atoms with Gasteiger partial charge >= 0.3 is 0 Å². The van der Waals surface area contributed by atoms with Crippen LogP contribution in [0.1, 0.15) is 36.5 Å². The first-order valence-electron chi connectivity index (χ1n) is 8.05. The number of anilines is 1. The third-order valence-corrected chi connectivity index (χ3v) is 3.23. The van der Waals surface area contributed by atoms with Crippen LogP contribution in [0.3, 0.4) is 0 Å². The molecule has 2 amide bonds. The van der Waals surface area contributed by atoms with Gasteiger partial charge in [-0.25, -0.2) is 0 Å². The Bertz CT molecular complexity index is 474. The highest BCUT2D eigenvalue weighted by Crippen LogP contribution is 2.09. The molecule has 0 unspecified atom stereocenters. The highest BCUT2D eigenvalue weighted by atomic mass is 16.5. The van der Waals surface area contributed by atoms with Crippen molar-refractivity contribution in [3.05, 3.63) is 29.8 Å². The summed E-state index contributed by atoms with van der Waals surface area (Å²) in [7, 11) is 1.65. The Balaban J connectivity index is 2.32. The summed E-state index contributed by atoms with van der Waals surface area (Å²) in [6.07, 6.45) is 2.88. The maximum absolute atomic E-state index is 11.9. The van der Waals surface area contributed by atoms with Crippen molar-refractivity contribution < 1.29 is 14.3 Å². The molecular weight excluding hydrogens is 294 g/mol. The minimum atomic E-state index is -0.109. The summed E-state index contributed by atoms with van der Waals surface area (Å²) in [4.78, 5) is 23.6. The Labute approximate surface area is 138 Å². The van der Waals surface area contributed by atoms with Crippen molar-refractivity contribution in [1.29, 1.82) is 0 Å². The van der Waals surface area contributed by atoms with Crippen molar-refractivity contribution in [3.8, 4) is 0 Å². The molecule has 0 saturated heterocycles.